The maximum absolute atomic E-state index is 6.10. The molecule has 5 nitrogen and oxygen atoms in total. The Labute approximate surface area is 127 Å². The van der Waals surface area contributed by atoms with Crippen LogP contribution >= 0.6 is 11.6 Å². The Morgan fingerprint density at radius 2 is 2.05 bits per heavy atom. The summed E-state index contributed by atoms with van der Waals surface area (Å²) >= 11 is 6.10. The van der Waals surface area contributed by atoms with E-state index in [0.717, 1.165) is 17.4 Å². The smallest absolute Gasteiger partial charge is 0.243 e. The summed E-state index contributed by atoms with van der Waals surface area (Å²) in [7, 11) is 0. The number of nitrogens with zero attached hydrogens (tertiary/aromatic N) is 3. The second-order valence-electron chi connectivity index (χ2n) is 4.31. The SMILES string of the molecule is CCNc1ncc(Cl)c(Oc2cccc3cccnc23)n1. The van der Waals surface area contributed by atoms with Crippen LogP contribution in [0.15, 0.2) is 42.7 Å². The molecule has 0 saturated heterocycles. The van der Waals surface area contributed by atoms with Crippen molar-refractivity contribution >= 4 is 28.5 Å². The molecular formula is C15H13ClN4O. The van der Waals surface area contributed by atoms with Gasteiger partial charge in [-0.1, -0.05) is 29.8 Å². The van der Waals surface area contributed by atoms with Crippen LogP contribution in [0.25, 0.3) is 10.9 Å². The number of hydrogen-bond acceptors (Lipinski definition) is 5. The van der Waals surface area contributed by atoms with Crippen LogP contribution in [0.4, 0.5) is 5.95 Å². The molecule has 106 valence electrons. The Kier molecular flexibility index (Phi) is 3.83. The highest BCUT2D eigenvalue weighted by Crippen LogP contribution is 2.31. The van der Waals surface area contributed by atoms with Gasteiger partial charge in [0.15, 0.2) is 5.75 Å². The van der Waals surface area contributed by atoms with Crippen LogP contribution in [0.1, 0.15) is 6.92 Å². The summed E-state index contributed by atoms with van der Waals surface area (Å²) in [6, 6.07) is 9.56. The number of halogens is 1. The fourth-order valence-corrected chi connectivity index (χ4v) is 2.06. The van der Waals surface area contributed by atoms with Crippen molar-refractivity contribution in [2.75, 3.05) is 11.9 Å². The van der Waals surface area contributed by atoms with Crippen molar-refractivity contribution < 1.29 is 4.74 Å². The first-order valence-electron chi connectivity index (χ1n) is 6.56. The molecule has 0 aliphatic carbocycles. The van der Waals surface area contributed by atoms with E-state index in [9.17, 15) is 0 Å². The molecule has 0 atom stereocenters. The monoisotopic (exact) mass is 300 g/mol. The van der Waals surface area contributed by atoms with E-state index in [-0.39, 0.29) is 0 Å². The summed E-state index contributed by atoms with van der Waals surface area (Å²) in [6.45, 7) is 2.68. The number of fused-ring (bicyclic) bond motifs is 1. The maximum Gasteiger partial charge on any atom is 0.243 e. The lowest BCUT2D eigenvalue weighted by Crippen LogP contribution is -2.03. The normalized spacial score (nSPS) is 10.6. The average molecular weight is 301 g/mol. The largest absolute Gasteiger partial charge is 0.435 e. The van der Waals surface area contributed by atoms with E-state index >= 15 is 0 Å². The number of benzene rings is 1. The van der Waals surface area contributed by atoms with Gasteiger partial charge in [0, 0.05) is 18.1 Å². The van der Waals surface area contributed by atoms with E-state index in [1.165, 1.54) is 6.20 Å². The number of ether oxygens (including phenoxy) is 1. The molecule has 0 amide bonds. The molecule has 21 heavy (non-hydrogen) atoms. The minimum atomic E-state index is 0.306. The van der Waals surface area contributed by atoms with Crippen molar-refractivity contribution in [2.45, 2.75) is 6.92 Å². The molecule has 2 heterocycles. The van der Waals surface area contributed by atoms with Gasteiger partial charge in [-0.15, -0.1) is 0 Å². The van der Waals surface area contributed by atoms with Crippen molar-refractivity contribution in [3.8, 4) is 11.6 Å². The molecule has 3 aromatic rings. The summed E-state index contributed by atoms with van der Waals surface area (Å²) < 4.78 is 5.82. The van der Waals surface area contributed by atoms with E-state index in [2.05, 4.69) is 20.3 Å². The predicted molar refractivity (Wildman–Crippen MR) is 83.0 cm³/mol. The van der Waals surface area contributed by atoms with Crippen LogP contribution in [0.5, 0.6) is 11.6 Å². The number of rotatable bonds is 4. The van der Waals surface area contributed by atoms with Crippen LogP contribution in [0.2, 0.25) is 5.02 Å². The lowest BCUT2D eigenvalue weighted by atomic mass is 10.2. The van der Waals surface area contributed by atoms with E-state index in [1.54, 1.807) is 6.20 Å². The zero-order chi connectivity index (χ0) is 14.7. The molecule has 0 spiro atoms. The number of aromatic nitrogens is 3. The van der Waals surface area contributed by atoms with E-state index in [1.807, 2.05) is 37.3 Å². The maximum atomic E-state index is 6.10. The molecule has 2 aromatic heterocycles. The Morgan fingerprint density at radius 3 is 2.90 bits per heavy atom. The Morgan fingerprint density at radius 1 is 1.19 bits per heavy atom. The number of anilines is 1. The van der Waals surface area contributed by atoms with Gasteiger partial charge in [0.2, 0.25) is 11.8 Å². The number of para-hydroxylation sites is 1. The molecule has 0 fully saturated rings. The fraction of sp³-hybridized carbons (Fsp3) is 0.133. The number of nitrogens with one attached hydrogen (secondary N) is 1. The average Bonchev–Trinajstić information content (AvgIpc) is 2.51. The molecule has 0 bridgehead atoms. The summed E-state index contributed by atoms with van der Waals surface area (Å²) in [5.41, 5.74) is 0.764. The Hall–Kier alpha value is -2.40. The van der Waals surface area contributed by atoms with Gasteiger partial charge in [-0.05, 0) is 19.1 Å². The van der Waals surface area contributed by atoms with Crippen molar-refractivity contribution in [1.82, 2.24) is 15.0 Å². The first-order chi connectivity index (χ1) is 10.3. The highest BCUT2D eigenvalue weighted by molar-refractivity contribution is 6.31. The zero-order valence-corrected chi connectivity index (χ0v) is 12.1. The fourth-order valence-electron chi connectivity index (χ4n) is 1.93. The van der Waals surface area contributed by atoms with Crippen molar-refractivity contribution in [3.63, 3.8) is 0 Å². The van der Waals surface area contributed by atoms with Gasteiger partial charge in [0.25, 0.3) is 0 Å². The van der Waals surface area contributed by atoms with Crippen LogP contribution < -0.4 is 10.1 Å². The third-order valence-corrected chi connectivity index (χ3v) is 3.11. The van der Waals surface area contributed by atoms with Crippen molar-refractivity contribution in [1.29, 1.82) is 0 Å². The highest BCUT2D eigenvalue weighted by Gasteiger charge is 2.10. The molecule has 1 N–H and O–H groups in total. The number of hydrogen-bond donors (Lipinski definition) is 1. The second-order valence-corrected chi connectivity index (χ2v) is 4.72. The summed E-state index contributed by atoms with van der Waals surface area (Å²) in [5, 5.41) is 4.37. The molecule has 0 aliphatic heterocycles. The third kappa shape index (κ3) is 2.87. The first kappa shape index (κ1) is 13.6. The third-order valence-electron chi connectivity index (χ3n) is 2.85. The van der Waals surface area contributed by atoms with Gasteiger partial charge in [-0.2, -0.15) is 4.98 Å². The minimum absolute atomic E-state index is 0.306. The predicted octanol–water partition coefficient (Wildman–Crippen LogP) is 3.90. The highest BCUT2D eigenvalue weighted by atomic mass is 35.5. The first-order valence-corrected chi connectivity index (χ1v) is 6.93. The Bertz CT molecular complexity index is 773. The van der Waals surface area contributed by atoms with Gasteiger partial charge in [-0.25, -0.2) is 4.98 Å². The second kappa shape index (κ2) is 5.93. The van der Waals surface area contributed by atoms with Gasteiger partial charge >= 0.3 is 0 Å². The molecule has 6 heteroatoms. The summed E-state index contributed by atoms with van der Waals surface area (Å²) in [5.74, 6) is 1.39. The topological polar surface area (TPSA) is 59.9 Å². The summed E-state index contributed by atoms with van der Waals surface area (Å²) in [4.78, 5) is 12.7. The van der Waals surface area contributed by atoms with Crippen LogP contribution in [-0.2, 0) is 0 Å². The van der Waals surface area contributed by atoms with Crippen molar-refractivity contribution in [2.24, 2.45) is 0 Å². The molecule has 0 saturated carbocycles. The van der Waals surface area contributed by atoms with Gasteiger partial charge in [0.1, 0.15) is 10.5 Å². The number of pyridine rings is 1. The zero-order valence-electron chi connectivity index (χ0n) is 11.4. The lowest BCUT2D eigenvalue weighted by molar-refractivity contribution is 0.467. The van der Waals surface area contributed by atoms with Crippen LogP contribution in [0.3, 0.4) is 0 Å². The summed E-state index contributed by atoms with van der Waals surface area (Å²) in [6.07, 6.45) is 3.24. The quantitative estimate of drug-likeness (QED) is 0.792. The molecule has 0 radical (unpaired) electrons. The van der Waals surface area contributed by atoms with E-state index in [4.69, 9.17) is 16.3 Å². The minimum Gasteiger partial charge on any atom is -0.435 e. The Balaban J connectivity index is 2.00. The van der Waals surface area contributed by atoms with Gasteiger partial charge in [-0.3, -0.25) is 4.98 Å². The van der Waals surface area contributed by atoms with Gasteiger partial charge in [0.05, 0.1) is 6.20 Å². The molecule has 3 rings (SSSR count). The molecule has 0 unspecified atom stereocenters. The standard InChI is InChI=1S/C15H13ClN4O/c1-2-17-15-19-9-11(16)14(20-15)21-12-7-3-5-10-6-4-8-18-13(10)12/h3-9H,2H2,1H3,(H,17,19,20). The van der Waals surface area contributed by atoms with Crippen molar-refractivity contribution in [3.05, 3.63) is 47.7 Å². The van der Waals surface area contributed by atoms with E-state index < -0.39 is 0 Å². The molecule has 0 aliphatic rings. The molecule has 1 aromatic carbocycles. The lowest BCUT2D eigenvalue weighted by Gasteiger charge is -2.09. The van der Waals surface area contributed by atoms with E-state index in [0.29, 0.717) is 22.6 Å². The van der Waals surface area contributed by atoms with Crippen LogP contribution in [-0.4, -0.2) is 21.5 Å². The van der Waals surface area contributed by atoms with Gasteiger partial charge < -0.3 is 10.1 Å². The van der Waals surface area contributed by atoms with Crippen LogP contribution in [0, 0.1) is 0 Å². The molecular weight excluding hydrogens is 288 g/mol.